The van der Waals surface area contributed by atoms with Gasteiger partial charge in [-0.3, -0.25) is 0 Å². The molecule has 0 amide bonds. The summed E-state index contributed by atoms with van der Waals surface area (Å²) in [5.41, 5.74) is 2.52. The van der Waals surface area contributed by atoms with Gasteiger partial charge < -0.3 is 9.55 Å². The van der Waals surface area contributed by atoms with Crippen molar-refractivity contribution in [3.63, 3.8) is 0 Å². The lowest BCUT2D eigenvalue weighted by Gasteiger charge is -2.34. The summed E-state index contributed by atoms with van der Waals surface area (Å²) in [6.45, 7) is 6.74. The molecule has 0 radical (unpaired) electrons. The summed E-state index contributed by atoms with van der Waals surface area (Å²) in [7, 11) is 0. The summed E-state index contributed by atoms with van der Waals surface area (Å²) in [4.78, 5) is 3.22. The maximum absolute atomic E-state index is 5.53. The van der Waals surface area contributed by atoms with Crippen molar-refractivity contribution in [2.45, 2.75) is 45.6 Å². The van der Waals surface area contributed by atoms with Gasteiger partial charge in [-0.05, 0) is 37.0 Å². The van der Waals surface area contributed by atoms with Crippen molar-refractivity contribution in [3.05, 3.63) is 41.3 Å². The van der Waals surface area contributed by atoms with E-state index in [-0.39, 0.29) is 5.54 Å². The Labute approximate surface area is 120 Å². The van der Waals surface area contributed by atoms with Crippen molar-refractivity contribution in [1.29, 1.82) is 0 Å². The molecule has 1 aromatic heterocycles. The molecule has 102 valence electrons. The molecule has 3 heteroatoms. The van der Waals surface area contributed by atoms with Crippen LogP contribution in [0.15, 0.2) is 36.5 Å². The van der Waals surface area contributed by atoms with E-state index in [1.165, 1.54) is 11.3 Å². The van der Waals surface area contributed by atoms with Gasteiger partial charge in [-0.25, -0.2) is 0 Å². The van der Waals surface area contributed by atoms with Crippen LogP contribution in [0.5, 0.6) is 0 Å². The second-order valence-corrected chi connectivity index (χ2v) is 5.35. The molecule has 0 saturated carbocycles. The van der Waals surface area contributed by atoms with E-state index in [1.54, 1.807) is 0 Å². The first-order valence-electron chi connectivity index (χ1n) is 7.04. The molecular formula is C16H22N2S. The lowest BCUT2D eigenvalue weighted by molar-refractivity contribution is 0.250. The number of hydrogen-bond acceptors (Lipinski definition) is 1. The number of aromatic amines is 1. The molecule has 0 fully saturated rings. The monoisotopic (exact) mass is 274 g/mol. The number of rotatable bonds is 5. The van der Waals surface area contributed by atoms with Crippen molar-refractivity contribution in [2.75, 3.05) is 0 Å². The molecule has 1 N–H and O–H groups in total. The highest BCUT2D eigenvalue weighted by Crippen LogP contribution is 2.34. The Morgan fingerprint density at radius 1 is 1.05 bits per heavy atom. The predicted octanol–water partition coefficient (Wildman–Crippen LogP) is 5.14. The normalized spacial score (nSPS) is 11.7. The highest BCUT2D eigenvalue weighted by Gasteiger charge is 2.29. The summed E-state index contributed by atoms with van der Waals surface area (Å²) in [6, 6.07) is 10.5. The molecule has 0 unspecified atom stereocenters. The molecular weight excluding hydrogens is 252 g/mol. The Bertz CT molecular complexity index is 568. The third-order valence-electron chi connectivity index (χ3n) is 4.29. The molecule has 0 aliphatic carbocycles. The third-order valence-corrected chi connectivity index (χ3v) is 4.60. The molecule has 2 rings (SSSR count). The van der Waals surface area contributed by atoms with Crippen LogP contribution in [-0.2, 0) is 5.54 Å². The Balaban J connectivity index is 2.65. The zero-order valence-electron chi connectivity index (χ0n) is 11.9. The molecule has 2 aromatic rings. The number of imidazole rings is 1. The standard InChI is InChI=1S/C16H22N2S/c1-4-16(5-2,6-3)18-14(12-17-15(18)19)13-10-8-7-9-11-13/h7-12H,4-6H2,1-3H3,(H,17,19). The molecule has 1 aromatic carbocycles. The van der Waals surface area contributed by atoms with E-state index in [9.17, 15) is 0 Å². The molecule has 0 bridgehead atoms. The summed E-state index contributed by atoms with van der Waals surface area (Å²) in [6.07, 6.45) is 5.30. The Morgan fingerprint density at radius 2 is 1.63 bits per heavy atom. The lowest BCUT2D eigenvalue weighted by Crippen LogP contribution is -2.32. The summed E-state index contributed by atoms with van der Waals surface area (Å²) in [5.74, 6) is 0. The van der Waals surface area contributed by atoms with E-state index in [1.807, 2.05) is 12.3 Å². The largest absolute Gasteiger partial charge is 0.337 e. The number of aromatic nitrogens is 2. The van der Waals surface area contributed by atoms with Gasteiger partial charge in [0.2, 0.25) is 0 Å². The fourth-order valence-corrected chi connectivity index (χ4v) is 3.24. The van der Waals surface area contributed by atoms with E-state index in [0.29, 0.717) is 0 Å². The fraction of sp³-hybridized carbons (Fsp3) is 0.438. The average molecular weight is 274 g/mol. The minimum absolute atomic E-state index is 0.113. The molecule has 1 heterocycles. The third kappa shape index (κ3) is 2.39. The first-order valence-corrected chi connectivity index (χ1v) is 7.45. The van der Waals surface area contributed by atoms with Gasteiger partial charge in [-0.1, -0.05) is 51.1 Å². The van der Waals surface area contributed by atoms with Crippen molar-refractivity contribution in [3.8, 4) is 11.3 Å². The maximum atomic E-state index is 5.53. The summed E-state index contributed by atoms with van der Waals surface area (Å²) in [5, 5.41) is 0. The van der Waals surface area contributed by atoms with Crippen molar-refractivity contribution < 1.29 is 0 Å². The highest BCUT2D eigenvalue weighted by atomic mass is 32.1. The second-order valence-electron chi connectivity index (χ2n) is 4.97. The van der Waals surface area contributed by atoms with Crippen molar-refractivity contribution in [2.24, 2.45) is 0 Å². The smallest absolute Gasteiger partial charge is 0.178 e. The van der Waals surface area contributed by atoms with E-state index >= 15 is 0 Å². The van der Waals surface area contributed by atoms with Crippen LogP contribution in [-0.4, -0.2) is 9.55 Å². The first kappa shape index (κ1) is 14.1. The Kier molecular flexibility index (Phi) is 4.25. The zero-order valence-corrected chi connectivity index (χ0v) is 12.8. The van der Waals surface area contributed by atoms with Gasteiger partial charge in [0.1, 0.15) is 0 Å². The number of benzene rings is 1. The molecule has 2 nitrogen and oxygen atoms in total. The van der Waals surface area contributed by atoms with Gasteiger partial charge >= 0.3 is 0 Å². The summed E-state index contributed by atoms with van der Waals surface area (Å²) >= 11 is 5.53. The molecule has 0 aliphatic rings. The van der Waals surface area contributed by atoms with Crippen LogP contribution >= 0.6 is 12.2 Å². The maximum Gasteiger partial charge on any atom is 0.178 e. The van der Waals surface area contributed by atoms with Crippen LogP contribution in [0.2, 0.25) is 0 Å². The highest BCUT2D eigenvalue weighted by molar-refractivity contribution is 7.71. The number of nitrogens with one attached hydrogen (secondary N) is 1. The Hall–Kier alpha value is -1.35. The molecule has 0 spiro atoms. The van der Waals surface area contributed by atoms with Crippen LogP contribution in [0, 0.1) is 4.77 Å². The fourth-order valence-electron chi connectivity index (χ4n) is 2.89. The summed E-state index contributed by atoms with van der Waals surface area (Å²) < 4.78 is 3.14. The topological polar surface area (TPSA) is 20.7 Å². The second kappa shape index (κ2) is 5.74. The average Bonchev–Trinajstić information content (AvgIpc) is 2.85. The van der Waals surface area contributed by atoms with E-state index in [0.717, 1.165) is 24.0 Å². The number of hydrogen-bond donors (Lipinski definition) is 1. The zero-order chi connectivity index (χ0) is 13.9. The van der Waals surface area contributed by atoms with Crippen LogP contribution < -0.4 is 0 Å². The van der Waals surface area contributed by atoms with Crippen molar-refractivity contribution in [1.82, 2.24) is 9.55 Å². The molecule has 19 heavy (non-hydrogen) atoms. The van der Waals surface area contributed by atoms with Gasteiger partial charge in [0.15, 0.2) is 4.77 Å². The minimum atomic E-state index is 0.113. The van der Waals surface area contributed by atoms with E-state index in [2.05, 4.69) is 54.6 Å². The predicted molar refractivity (Wildman–Crippen MR) is 83.9 cm³/mol. The lowest BCUT2D eigenvalue weighted by atomic mass is 9.89. The van der Waals surface area contributed by atoms with Crippen LogP contribution in [0.4, 0.5) is 0 Å². The molecule has 0 atom stereocenters. The van der Waals surface area contributed by atoms with Crippen LogP contribution in [0.3, 0.4) is 0 Å². The van der Waals surface area contributed by atoms with Gasteiger partial charge in [-0.2, -0.15) is 0 Å². The van der Waals surface area contributed by atoms with Gasteiger partial charge in [-0.15, -0.1) is 0 Å². The SMILES string of the molecule is CCC(CC)(CC)n1c(-c2ccccc2)c[nH]c1=S. The van der Waals surface area contributed by atoms with E-state index in [4.69, 9.17) is 12.2 Å². The number of nitrogens with zero attached hydrogens (tertiary/aromatic N) is 1. The molecule has 0 saturated heterocycles. The van der Waals surface area contributed by atoms with Gasteiger partial charge in [0.05, 0.1) is 5.69 Å². The van der Waals surface area contributed by atoms with Crippen LogP contribution in [0.25, 0.3) is 11.3 Å². The minimum Gasteiger partial charge on any atom is -0.337 e. The van der Waals surface area contributed by atoms with E-state index < -0.39 is 0 Å². The van der Waals surface area contributed by atoms with Gasteiger partial charge in [0.25, 0.3) is 0 Å². The number of H-pyrrole nitrogens is 1. The quantitative estimate of drug-likeness (QED) is 0.749. The Morgan fingerprint density at radius 3 is 2.16 bits per heavy atom. The van der Waals surface area contributed by atoms with Crippen LogP contribution in [0.1, 0.15) is 40.0 Å². The first-order chi connectivity index (χ1) is 9.18. The molecule has 0 aliphatic heterocycles. The van der Waals surface area contributed by atoms with Gasteiger partial charge in [0, 0.05) is 11.7 Å². The van der Waals surface area contributed by atoms with Crippen molar-refractivity contribution >= 4 is 12.2 Å².